The van der Waals surface area contributed by atoms with E-state index in [2.05, 4.69) is 56.1 Å². The fourth-order valence-corrected chi connectivity index (χ4v) is 3.85. The molecule has 4 rings (SSSR count). The number of para-hydroxylation sites is 2. The van der Waals surface area contributed by atoms with Crippen molar-refractivity contribution in [2.45, 2.75) is 19.3 Å². The van der Waals surface area contributed by atoms with Crippen LogP contribution in [-0.2, 0) is 0 Å². The van der Waals surface area contributed by atoms with Gasteiger partial charge in [0.05, 0.1) is 11.4 Å². The SMILES string of the molecule is c1ccc(N2CCN(CCN3CCCCC3)c3ccccc32)nc1. The third-order valence-electron chi connectivity index (χ3n) is 5.17. The van der Waals surface area contributed by atoms with Gasteiger partial charge in [0.15, 0.2) is 0 Å². The molecule has 24 heavy (non-hydrogen) atoms. The Bertz CT molecular complexity index is 652. The van der Waals surface area contributed by atoms with E-state index in [1.807, 2.05) is 12.3 Å². The number of fused-ring (bicyclic) bond motifs is 1. The predicted octanol–water partition coefficient (Wildman–Crippen LogP) is 3.53. The molecule has 0 spiro atoms. The number of anilines is 3. The maximum absolute atomic E-state index is 4.54. The largest absolute Gasteiger partial charge is 0.367 e. The van der Waals surface area contributed by atoms with Crippen molar-refractivity contribution in [3.63, 3.8) is 0 Å². The zero-order chi connectivity index (χ0) is 16.2. The third kappa shape index (κ3) is 3.24. The molecule has 0 amide bonds. The van der Waals surface area contributed by atoms with Crippen LogP contribution in [0.1, 0.15) is 19.3 Å². The van der Waals surface area contributed by atoms with E-state index in [4.69, 9.17) is 0 Å². The molecule has 0 aliphatic carbocycles. The molecule has 126 valence electrons. The first-order chi connectivity index (χ1) is 11.9. The summed E-state index contributed by atoms with van der Waals surface area (Å²) in [5.74, 6) is 1.04. The molecule has 0 N–H and O–H groups in total. The summed E-state index contributed by atoms with van der Waals surface area (Å²) in [6.45, 7) is 6.89. The van der Waals surface area contributed by atoms with Crippen LogP contribution < -0.4 is 9.80 Å². The third-order valence-corrected chi connectivity index (χ3v) is 5.17. The van der Waals surface area contributed by atoms with Crippen LogP contribution in [-0.4, -0.2) is 49.2 Å². The first kappa shape index (κ1) is 15.5. The van der Waals surface area contributed by atoms with E-state index >= 15 is 0 Å². The number of aromatic nitrogens is 1. The van der Waals surface area contributed by atoms with Gasteiger partial charge in [-0.25, -0.2) is 4.98 Å². The van der Waals surface area contributed by atoms with Crippen molar-refractivity contribution in [1.29, 1.82) is 0 Å². The summed E-state index contributed by atoms with van der Waals surface area (Å²) in [5, 5.41) is 0. The molecule has 2 aliphatic rings. The Labute approximate surface area is 144 Å². The highest BCUT2D eigenvalue weighted by Gasteiger charge is 2.24. The highest BCUT2D eigenvalue weighted by Crippen LogP contribution is 2.36. The van der Waals surface area contributed by atoms with Crippen LogP contribution in [0, 0.1) is 0 Å². The average Bonchev–Trinajstić information content (AvgIpc) is 2.67. The molecule has 1 aromatic heterocycles. The van der Waals surface area contributed by atoms with Crippen molar-refractivity contribution in [2.24, 2.45) is 0 Å². The molecule has 0 atom stereocenters. The maximum atomic E-state index is 4.54. The Morgan fingerprint density at radius 3 is 2.33 bits per heavy atom. The fraction of sp³-hybridized carbons (Fsp3) is 0.450. The number of hydrogen-bond acceptors (Lipinski definition) is 4. The number of likely N-dealkylation sites (tertiary alicyclic amines) is 1. The Morgan fingerprint density at radius 1 is 0.750 bits per heavy atom. The number of piperidine rings is 1. The van der Waals surface area contributed by atoms with Crippen LogP contribution in [0.25, 0.3) is 0 Å². The minimum Gasteiger partial charge on any atom is -0.367 e. The van der Waals surface area contributed by atoms with Crippen molar-refractivity contribution >= 4 is 17.2 Å². The molecule has 1 saturated heterocycles. The van der Waals surface area contributed by atoms with E-state index in [0.29, 0.717) is 0 Å². The fourth-order valence-electron chi connectivity index (χ4n) is 3.85. The summed E-state index contributed by atoms with van der Waals surface area (Å²) in [6, 6.07) is 14.9. The normalized spacial score (nSPS) is 18.5. The molecule has 3 heterocycles. The first-order valence-electron chi connectivity index (χ1n) is 9.17. The van der Waals surface area contributed by atoms with Gasteiger partial charge in [0.25, 0.3) is 0 Å². The van der Waals surface area contributed by atoms with Crippen molar-refractivity contribution in [3.8, 4) is 0 Å². The minimum atomic E-state index is 0.994. The smallest absolute Gasteiger partial charge is 0.133 e. The predicted molar refractivity (Wildman–Crippen MR) is 100 cm³/mol. The maximum Gasteiger partial charge on any atom is 0.133 e. The van der Waals surface area contributed by atoms with Crippen LogP contribution in [0.2, 0.25) is 0 Å². The molecule has 4 heteroatoms. The van der Waals surface area contributed by atoms with Crippen LogP contribution in [0.15, 0.2) is 48.7 Å². The zero-order valence-corrected chi connectivity index (χ0v) is 14.3. The molecule has 2 aromatic rings. The summed E-state index contributed by atoms with van der Waals surface area (Å²) in [7, 11) is 0. The van der Waals surface area contributed by atoms with Gasteiger partial charge in [0.1, 0.15) is 5.82 Å². The lowest BCUT2D eigenvalue weighted by Crippen LogP contribution is -2.43. The second-order valence-corrected chi connectivity index (χ2v) is 6.72. The van der Waals surface area contributed by atoms with Gasteiger partial charge in [0, 0.05) is 32.4 Å². The zero-order valence-electron chi connectivity index (χ0n) is 14.3. The number of nitrogens with zero attached hydrogens (tertiary/aromatic N) is 4. The first-order valence-corrected chi connectivity index (χ1v) is 9.17. The Hall–Kier alpha value is -2.07. The summed E-state index contributed by atoms with van der Waals surface area (Å²) >= 11 is 0. The van der Waals surface area contributed by atoms with Crippen molar-refractivity contribution < 1.29 is 0 Å². The molecule has 0 unspecified atom stereocenters. The molecule has 4 nitrogen and oxygen atoms in total. The molecule has 0 radical (unpaired) electrons. The second-order valence-electron chi connectivity index (χ2n) is 6.72. The lowest BCUT2D eigenvalue weighted by atomic mass is 10.1. The summed E-state index contributed by atoms with van der Waals surface area (Å²) in [5.41, 5.74) is 2.62. The highest BCUT2D eigenvalue weighted by molar-refractivity contribution is 5.78. The number of benzene rings is 1. The summed E-state index contributed by atoms with van der Waals surface area (Å²) in [6.07, 6.45) is 6.01. The second kappa shape index (κ2) is 7.22. The van der Waals surface area contributed by atoms with Gasteiger partial charge in [-0.05, 0) is 50.2 Å². The summed E-state index contributed by atoms with van der Waals surface area (Å²) < 4.78 is 0. The molecule has 2 aliphatic heterocycles. The van der Waals surface area contributed by atoms with Gasteiger partial charge < -0.3 is 14.7 Å². The molecular weight excluding hydrogens is 296 g/mol. The van der Waals surface area contributed by atoms with Gasteiger partial charge in [-0.15, -0.1) is 0 Å². The monoisotopic (exact) mass is 322 g/mol. The summed E-state index contributed by atoms with van der Waals surface area (Å²) in [4.78, 5) is 12.1. The van der Waals surface area contributed by atoms with Gasteiger partial charge in [-0.3, -0.25) is 0 Å². The van der Waals surface area contributed by atoms with E-state index < -0.39 is 0 Å². The van der Waals surface area contributed by atoms with Crippen molar-refractivity contribution in [3.05, 3.63) is 48.7 Å². The lowest BCUT2D eigenvalue weighted by Gasteiger charge is -2.39. The van der Waals surface area contributed by atoms with Crippen LogP contribution in [0.4, 0.5) is 17.2 Å². The van der Waals surface area contributed by atoms with Crippen molar-refractivity contribution in [2.75, 3.05) is 49.1 Å². The number of pyridine rings is 1. The number of hydrogen-bond donors (Lipinski definition) is 0. The molecule has 1 fully saturated rings. The highest BCUT2D eigenvalue weighted by atomic mass is 15.3. The van der Waals surface area contributed by atoms with E-state index in [-0.39, 0.29) is 0 Å². The van der Waals surface area contributed by atoms with Gasteiger partial charge in [-0.1, -0.05) is 24.6 Å². The van der Waals surface area contributed by atoms with E-state index in [1.54, 1.807) is 0 Å². The molecular formula is C20H26N4. The van der Waals surface area contributed by atoms with E-state index in [1.165, 1.54) is 50.3 Å². The number of rotatable bonds is 4. The Kier molecular flexibility index (Phi) is 4.65. The molecule has 0 bridgehead atoms. The van der Waals surface area contributed by atoms with E-state index in [0.717, 1.165) is 25.5 Å². The minimum absolute atomic E-state index is 0.994. The topological polar surface area (TPSA) is 22.6 Å². The molecule has 1 aromatic carbocycles. The van der Waals surface area contributed by atoms with Crippen molar-refractivity contribution in [1.82, 2.24) is 9.88 Å². The average molecular weight is 322 g/mol. The van der Waals surface area contributed by atoms with E-state index in [9.17, 15) is 0 Å². The van der Waals surface area contributed by atoms with Crippen LogP contribution in [0.3, 0.4) is 0 Å². The Morgan fingerprint density at radius 2 is 1.54 bits per heavy atom. The van der Waals surface area contributed by atoms with Crippen LogP contribution in [0.5, 0.6) is 0 Å². The van der Waals surface area contributed by atoms with Gasteiger partial charge >= 0.3 is 0 Å². The Balaban J connectivity index is 1.51. The standard InChI is InChI=1S/C20H26N4/c1-6-12-22(13-7-1)14-15-23-16-17-24(20-10-4-5-11-21-20)19-9-3-2-8-18(19)23/h2-5,8-11H,1,6-7,12-17H2. The van der Waals surface area contributed by atoms with Gasteiger partial charge in [0.2, 0.25) is 0 Å². The quantitative estimate of drug-likeness (QED) is 0.859. The van der Waals surface area contributed by atoms with Gasteiger partial charge in [-0.2, -0.15) is 0 Å². The molecule has 0 saturated carbocycles. The lowest BCUT2D eigenvalue weighted by molar-refractivity contribution is 0.233. The van der Waals surface area contributed by atoms with Crippen LogP contribution >= 0.6 is 0 Å².